The summed E-state index contributed by atoms with van der Waals surface area (Å²) in [7, 11) is 0. The predicted molar refractivity (Wildman–Crippen MR) is 69.1 cm³/mol. The average Bonchev–Trinajstić information content (AvgIpc) is 2.15. The Balaban J connectivity index is 2.85. The van der Waals surface area contributed by atoms with Gasteiger partial charge in [-0.15, -0.1) is 11.6 Å². The zero-order valence-electron chi connectivity index (χ0n) is 9.43. The SMILES string of the molecule is CCCCCCCCCCCC([S])Cl. The highest BCUT2D eigenvalue weighted by Gasteiger charge is 1.97. The van der Waals surface area contributed by atoms with Crippen molar-refractivity contribution in [1.29, 1.82) is 0 Å². The van der Waals surface area contributed by atoms with Gasteiger partial charge in [-0.1, -0.05) is 77.3 Å². The molecule has 0 N–H and O–H groups in total. The lowest BCUT2D eigenvalue weighted by Gasteiger charge is -2.02. The van der Waals surface area contributed by atoms with Gasteiger partial charge in [0.2, 0.25) is 0 Å². The van der Waals surface area contributed by atoms with Gasteiger partial charge in [0, 0.05) is 0 Å². The summed E-state index contributed by atoms with van der Waals surface area (Å²) in [5.74, 6) is 0. The Kier molecular flexibility index (Phi) is 12.2. The molecule has 0 amide bonds. The highest BCUT2D eigenvalue weighted by atomic mass is 35.5. The van der Waals surface area contributed by atoms with Crippen LogP contribution in [0.1, 0.15) is 71.1 Å². The summed E-state index contributed by atoms with van der Waals surface area (Å²) in [6.45, 7) is 2.26. The first-order valence-corrected chi connectivity index (χ1v) is 6.98. The molecule has 0 heterocycles. The first kappa shape index (κ1) is 14.6. The molecule has 85 valence electrons. The van der Waals surface area contributed by atoms with Crippen LogP contribution in [0, 0.1) is 0 Å². The number of hydrogen-bond acceptors (Lipinski definition) is 0. The molecule has 0 aliphatic carbocycles. The Labute approximate surface area is 100 Å². The van der Waals surface area contributed by atoms with Crippen LogP contribution in [0.25, 0.3) is 0 Å². The molecule has 0 fully saturated rings. The van der Waals surface area contributed by atoms with Gasteiger partial charge >= 0.3 is 0 Å². The zero-order valence-corrected chi connectivity index (χ0v) is 11.0. The molecule has 1 atom stereocenters. The van der Waals surface area contributed by atoms with Gasteiger partial charge in [-0.3, -0.25) is 0 Å². The fourth-order valence-corrected chi connectivity index (χ4v) is 1.94. The van der Waals surface area contributed by atoms with Crippen LogP contribution in [0.4, 0.5) is 0 Å². The Bertz CT molecular complexity index is 104. The van der Waals surface area contributed by atoms with E-state index in [0.717, 1.165) is 6.42 Å². The first-order valence-electron chi connectivity index (χ1n) is 6.07. The summed E-state index contributed by atoms with van der Waals surface area (Å²) in [6, 6.07) is 0. The highest BCUT2D eigenvalue weighted by molar-refractivity contribution is 7.82. The molecule has 1 radical (unpaired) electrons. The number of rotatable bonds is 10. The van der Waals surface area contributed by atoms with E-state index < -0.39 is 0 Å². The maximum absolute atomic E-state index is 5.69. The smallest absolute Gasteiger partial charge is 0.0892 e. The molecule has 0 aliphatic rings. The zero-order chi connectivity index (χ0) is 10.6. The molecule has 0 rings (SSSR count). The van der Waals surface area contributed by atoms with Crippen LogP contribution < -0.4 is 0 Å². The van der Waals surface area contributed by atoms with E-state index in [1.807, 2.05) is 0 Å². The van der Waals surface area contributed by atoms with Gasteiger partial charge in [0.25, 0.3) is 0 Å². The van der Waals surface area contributed by atoms with Crippen LogP contribution in [-0.2, 0) is 0 Å². The van der Waals surface area contributed by atoms with Crippen molar-refractivity contribution in [2.75, 3.05) is 0 Å². The standard InChI is InChI=1S/C12H24ClS/c1-2-3-4-5-6-7-8-9-10-11-12(13)14/h12H,2-11H2,1H3. The molecule has 0 aliphatic heterocycles. The second-order valence-corrected chi connectivity index (χ2v) is 5.38. The third kappa shape index (κ3) is 12.6. The minimum atomic E-state index is -0.0421. The normalized spacial score (nSPS) is 13.1. The minimum Gasteiger partial charge on any atom is -0.110 e. The van der Waals surface area contributed by atoms with Gasteiger partial charge in [-0.25, -0.2) is 0 Å². The topological polar surface area (TPSA) is 0 Å². The van der Waals surface area contributed by atoms with E-state index in [-0.39, 0.29) is 4.71 Å². The molecule has 14 heavy (non-hydrogen) atoms. The minimum absolute atomic E-state index is 0.0421. The van der Waals surface area contributed by atoms with Crippen LogP contribution in [-0.4, -0.2) is 4.71 Å². The molecular weight excluding hydrogens is 212 g/mol. The van der Waals surface area contributed by atoms with Crippen molar-refractivity contribution in [2.24, 2.45) is 0 Å². The fourth-order valence-electron chi connectivity index (χ4n) is 1.62. The molecule has 2 heteroatoms. The monoisotopic (exact) mass is 235 g/mol. The lowest BCUT2D eigenvalue weighted by atomic mass is 10.1. The summed E-state index contributed by atoms with van der Waals surface area (Å²) in [6.07, 6.45) is 13.3. The number of unbranched alkanes of at least 4 members (excludes halogenated alkanes) is 8. The van der Waals surface area contributed by atoms with Gasteiger partial charge in [0.05, 0.1) is 4.71 Å². The molecule has 0 aromatic rings. The Morgan fingerprint density at radius 2 is 1.29 bits per heavy atom. The maximum Gasteiger partial charge on any atom is 0.0892 e. The summed E-state index contributed by atoms with van der Waals surface area (Å²) in [4.78, 5) is 0. The van der Waals surface area contributed by atoms with Crippen molar-refractivity contribution < 1.29 is 0 Å². The third-order valence-electron chi connectivity index (χ3n) is 2.53. The predicted octanol–water partition coefficient (Wildman–Crippen LogP) is 5.67. The number of hydrogen-bond donors (Lipinski definition) is 0. The van der Waals surface area contributed by atoms with Crippen LogP contribution in [0.15, 0.2) is 0 Å². The molecule has 0 aromatic heterocycles. The molecule has 0 spiro atoms. The van der Waals surface area contributed by atoms with Crippen LogP contribution in [0.2, 0.25) is 0 Å². The van der Waals surface area contributed by atoms with Crippen molar-refractivity contribution in [3.8, 4) is 0 Å². The molecule has 0 aromatic carbocycles. The van der Waals surface area contributed by atoms with E-state index in [9.17, 15) is 0 Å². The summed E-state index contributed by atoms with van der Waals surface area (Å²) >= 11 is 10.6. The van der Waals surface area contributed by atoms with Crippen molar-refractivity contribution in [3.63, 3.8) is 0 Å². The van der Waals surface area contributed by atoms with Crippen molar-refractivity contribution in [2.45, 2.75) is 75.8 Å². The van der Waals surface area contributed by atoms with Gasteiger partial charge in [0.15, 0.2) is 0 Å². The van der Waals surface area contributed by atoms with E-state index in [0.29, 0.717) is 0 Å². The summed E-state index contributed by atoms with van der Waals surface area (Å²) < 4.78 is -0.0421. The van der Waals surface area contributed by atoms with E-state index in [1.165, 1.54) is 57.8 Å². The second-order valence-electron chi connectivity index (χ2n) is 4.03. The van der Waals surface area contributed by atoms with Gasteiger partial charge in [-0.05, 0) is 6.42 Å². The highest BCUT2D eigenvalue weighted by Crippen LogP contribution is 2.14. The molecule has 1 unspecified atom stereocenters. The van der Waals surface area contributed by atoms with E-state index in [4.69, 9.17) is 24.2 Å². The number of alkyl halides is 1. The quantitative estimate of drug-likeness (QED) is 0.338. The lowest BCUT2D eigenvalue weighted by Crippen LogP contribution is -1.87. The molecule has 0 bridgehead atoms. The van der Waals surface area contributed by atoms with Gasteiger partial charge < -0.3 is 0 Å². The van der Waals surface area contributed by atoms with Gasteiger partial charge in [0.1, 0.15) is 0 Å². The second kappa shape index (κ2) is 11.7. The number of halogens is 1. The van der Waals surface area contributed by atoms with E-state index in [2.05, 4.69) is 6.92 Å². The van der Waals surface area contributed by atoms with Gasteiger partial charge in [-0.2, -0.15) is 0 Å². The largest absolute Gasteiger partial charge is 0.110 e. The van der Waals surface area contributed by atoms with E-state index in [1.54, 1.807) is 0 Å². The Hall–Kier alpha value is 0.640. The van der Waals surface area contributed by atoms with E-state index >= 15 is 0 Å². The van der Waals surface area contributed by atoms with Crippen LogP contribution in [0.3, 0.4) is 0 Å². The Morgan fingerprint density at radius 3 is 1.71 bits per heavy atom. The van der Waals surface area contributed by atoms with Crippen molar-refractivity contribution in [1.82, 2.24) is 0 Å². The molecular formula is C12H24ClS. The van der Waals surface area contributed by atoms with Crippen LogP contribution in [0.5, 0.6) is 0 Å². The maximum atomic E-state index is 5.69. The lowest BCUT2D eigenvalue weighted by molar-refractivity contribution is 0.561. The molecule has 0 saturated carbocycles. The van der Waals surface area contributed by atoms with Crippen molar-refractivity contribution in [3.05, 3.63) is 0 Å². The molecule has 0 saturated heterocycles. The summed E-state index contributed by atoms with van der Waals surface area (Å²) in [5.41, 5.74) is 0. The fraction of sp³-hybridized carbons (Fsp3) is 1.00. The third-order valence-corrected chi connectivity index (χ3v) is 2.99. The average molecular weight is 236 g/mol. The summed E-state index contributed by atoms with van der Waals surface area (Å²) in [5, 5.41) is 0. The first-order chi connectivity index (χ1) is 6.77. The molecule has 0 nitrogen and oxygen atoms in total. The van der Waals surface area contributed by atoms with Crippen molar-refractivity contribution >= 4 is 24.2 Å². The van der Waals surface area contributed by atoms with Crippen LogP contribution >= 0.6 is 24.2 Å². The Morgan fingerprint density at radius 1 is 0.857 bits per heavy atom.